The molecule has 4 aromatic rings. The summed E-state index contributed by atoms with van der Waals surface area (Å²) >= 11 is 3.29. The van der Waals surface area contributed by atoms with E-state index in [0.717, 1.165) is 0 Å². The number of nitrogen functional groups attached to an aromatic ring is 1. The fourth-order valence-electron chi connectivity index (χ4n) is 2.84. The van der Waals surface area contributed by atoms with E-state index in [-0.39, 0.29) is 15.6 Å². The molecule has 0 spiro atoms. The van der Waals surface area contributed by atoms with Gasteiger partial charge >= 0.3 is 0 Å². The van der Waals surface area contributed by atoms with E-state index in [2.05, 4.69) is 26.2 Å². The lowest BCUT2D eigenvalue weighted by atomic mass is 10.1. The molecule has 0 saturated carbocycles. The zero-order valence-electron chi connectivity index (χ0n) is 14.8. The van der Waals surface area contributed by atoms with Gasteiger partial charge in [-0.2, -0.15) is 0 Å². The summed E-state index contributed by atoms with van der Waals surface area (Å²) in [5, 5.41) is 7.82. The Morgan fingerprint density at radius 2 is 1.66 bits per heavy atom. The van der Waals surface area contributed by atoms with Crippen LogP contribution >= 0.6 is 15.9 Å². The van der Waals surface area contributed by atoms with Crippen LogP contribution < -0.4 is 5.73 Å². The van der Waals surface area contributed by atoms with Crippen LogP contribution in [-0.4, -0.2) is 23.4 Å². The topological polar surface area (TPSA) is 90.9 Å². The smallest absolute Gasteiger partial charge is 0.228 e. The largest absolute Gasteiger partial charge is 0.399 e. The molecule has 0 amide bonds. The molecule has 29 heavy (non-hydrogen) atoms. The maximum absolute atomic E-state index is 13.5. The van der Waals surface area contributed by atoms with Gasteiger partial charge in [0.25, 0.3) is 0 Å². The molecule has 3 aromatic carbocycles. The molecule has 1 aromatic heterocycles. The Hall–Kier alpha value is -3.04. The van der Waals surface area contributed by atoms with E-state index in [9.17, 15) is 12.8 Å². The number of nitrogens with two attached hydrogens (primary N) is 1. The van der Waals surface area contributed by atoms with Crippen molar-refractivity contribution in [2.24, 2.45) is 0 Å². The highest BCUT2D eigenvalue weighted by molar-refractivity contribution is 9.10. The Kier molecular flexibility index (Phi) is 4.93. The number of nitrogens with zero attached hydrogens (tertiary/aromatic N) is 3. The molecule has 0 saturated heterocycles. The number of hydrogen-bond donors (Lipinski definition) is 1. The van der Waals surface area contributed by atoms with Gasteiger partial charge in [-0.3, -0.25) is 0 Å². The van der Waals surface area contributed by atoms with Crippen LogP contribution in [0.25, 0.3) is 16.9 Å². The van der Waals surface area contributed by atoms with Crippen LogP contribution in [0.1, 0.15) is 0 Å². The summed E-state index contributed by atoms with van der Waals surface area (Å²) in [6.07, 6.45) is 0. The van der Waals surface area contributed by atoms with Gasteiger partial charge < -0.3 is 5.73 Å². The lowest BCUT2D eigenvalue weighted by molar-refractivity contribution is 0.592. The van der Waals surface area contributed by atoms with Gasteiger partial charge in [-0.1, -0.05) is 27.2 Å². The predicted molar refractivity (Wildman–Crippen MR) is 111 cm³/mol. The van der Waals surface area contributed by atoms with E-state index in [1.54, 1.807) is 36.4 Å². The third-order valence-electron chi connectivity index (χ3n) is 4.26. The second kappa shape index (κ2) is 7.41. The van der Waals surface area contributed by atoms with Crippen LogP contribution in [0, 0.1) is 5.82 Å². The first kappa shape index (κ1) is 19.3. The number of benzene rings is 3. The van der Waals surface area contributed by atoms with Crippen molar-refractivity contribution in [1.29, 1.82) is 0 Å². The van der Waals surface area contributed by atoms with Crippen LogP contribution in [0.3, 0.4) is 0 Å². The zero-order chi connectivity index (χ0) is 20.6. The number of halogens is 2. The van der Waals surface area contributed by atoms with Crippen molar-refractivity contribution >= 4 is 31.5 Å². The second-order valence-corrected chi connectivity index (χ2v) is 8.99. The highest BCUT2D eigenvalue weighted by atomic mass is 79.9. The molecule has 4 rings (SSSR count). The standard InChI is InChI=1S/C20H14BrFN4O2S/c21-14-2-1-3-18(12-14)29(27,28)20-19(13-4-6-15(22)7-5-13)26(25-24-20)17-10-8-16(23)9-11-17/h1-12H,23H2. The first-order valence-corrected chi connectivity index (χ1v) is 10.7. The average molecular weight is 473 g/mol. The molecule has 0 unspecified atom stereocenters. The van der Waals surface area contributed by atoms with Crippen molar-refractivity contribution in [1.82, 2.24) is 15.0 Å². The summed E-state index contributed by atoms with van der Waals surface area (Å²) in [6.45, 7) is 0. The maximum atomic E-state index is 13.5. The van der Waals surface area contributed by atoms with Gasteiger partial charge in [0.1, 0.15) is 11.5 Å². The summed E-state index contributed by atoms with van der Waals surface area (Å²) in [4.78, 5) is 0.0691. The Bertz CT molecular complexity index is 1290. The molecule has 0 bridgehead atoms. The SMILES string of the molecule is Nc1ccc(-n2nnc(S(=O)(=O)c3cccc(Br)c3)c2-c2ccc(F)cc2)cc1. The summed E-state index contributed by atoms with van der Waals surface area (Å²) in [7, 11) is -3.99. The first-order chi connectivity index (χ1) is 13.9. The van der Waals surface area contributed by atoms with Crippen LogP contribution in [0.2, 0.25) is 0 Å². The molecular weight excluding hydrogens is 459 g/mol. The van der Waals surface area contributed by atoms with E-state index in [1.807, 2.05) is 0 Å². The molecule has 0 fully saturated rings. The van der Waals surface area contributed by atoms with Crippen molar-refractivity contribution < 1.29 is 12.8 Å². The third kappa shape index (κ3) is 3.66. The highest BCUT2D eigenvalue weighted by Gasteiger charge is 2.29. The summed E-state index contributed by atoms with van der Waals surface area (Å²) in [5.41, 5.74) is 7.56. The predicted octanol–water partition coefficient (Wildman–Crippen LogP) is 4.25. The van der Waals surface area contributed by atoms with Crippen LogP contribution in [0.4, 0.5) is 10.1 Å². The maximum Gasteiger partial charge on any atom is 0.228 e. The fraction of sp³-hybridized carbons (Fsp3) is 0. The number of rotatable bonds is 4. The number of hydrogen-bond acceptors (Lipinski definition) is 5. The summed E-state index contributed by atoms with van der Waals surface area (Å²) in [5.74, 6) is -0.434. The minimum Gasteiger partial charge on any atom is -0.399 e. The first-order valence-electron chi connectivity index (χ1n) is 8.44. The van der Waals surface area contributed by atoms with E-state index in [4.69, 9.17) is 5.73 Å². The average Bonchev–Trinajstić information content (AvgIpc) is 3.15. The molecule has 6 nitrogen and oxygen atoms in total. The second-order valence-electron chi connectivity index (χ2n) is 6.21. The summed E-state index contributed by atoms with van der Waals surface area (Å²) in [6, 6.07) is 18.6. The normalized spacial score (nSPS) is 11.5. The molecular formula is C20H14BrFN4O2S. The third-order valence-corrected chi connectivity index (χ3v) is 6.41. The van der Waals surface area contributed by atoms with Gasteiger partial charge in [-0.25, -0.2) is 17.5 Å². The van der Waals surface area contributed by atoms with Gasteiger partial charge in [0.15, 0.2) is 0 Å². The van der Waals surface area contributed by atoms with Gasteiger partial charge in [0.2, 0.25) is 14.9 Å². The van der Waals surface area contributed by atoms with Crippen molar-refractivity contribution in [3.8, 4) is 16.9 Å². The zero-order valence-corrected chi connectivity index (χ0v) is 17.2. The molecule has 0 radical (unpaired) electrons. The van der Waals surface area contributed by atoms with E-state index >= 15 is 0 Å². The molecule has 0 aliphatic carbocycles. The Morgan fingerprint density at radius 1 is 0.966 bits per heavy atom. The Labute approximate surface area is 174 Å². The van der Waals surface area contributed by atoms with Crippen LogP contribution in [0.5, 0.6) is 0 Å². The fourth-order valence-corrected chi connectivity index (χ4v) is 4.76. The lowest BCUT2D eigenvalue weighted by Crippen LogP contribution is -2.06. The Balaban J connectivity index is 1.97. The quantitative estimate of drug-likeness (QED) is 0.448. The lowest BCUT2D eigenvalue weighted by Gasteiger charge is -2.10. The number of sulfone groups is 1. The van der Waals surface area contributed by atoms with Crippen LogP contribution in [-0.2, 0) is 9.84 Å². The van der Waals surface area contributed by atoms with E-state index in [1.165, 1.54) is 41.1 Å². The summed E-state index contributed by atoms with van der Waals surface area (Å²) < 4.78 is 42.1. The minimum atomic E-state index is -3.99. The molecule has 146 valence electrons. The number of anilines is 1. The molecule has 0 atom stereocenters. The van der Waals surface area contributed by atoms with Crippen molar-refractivity contribution in [2.75, 3.05) is 5.73 Å². The van der Waals surface area contributed by atoms with Crippen LogP contribution in [0.15, 0.2) is 87.2 Å². The molecule has 2 N–H and O–H groups in total. The van der Waals surface area contributed by atoms with E-state index < -0.39 is 15.7 Å². The minimum absolute atomic E-state index is 0.0691. The van der Waals surface area contributed by atoms with Gasteiger partial charge in [0.05, 0.1) is 10.6 Å². The highest BCUT2D eigenvalue weighted by Crippen LogP contribution is 2.32. The Morgan fingerprint density at radius 3 is 2.31 bits per heavy atom. The number of aromatic nitrogens is 3. The molecule has 0 aliphatic heterocycles. The van der Waals surface area contributed by atoms with E-state index in [0.29, 0.717) is 21.4 Å². The molecule has 0 aliphatic rings. The van der Waals surface area contributed by atoms with Gasteiger partial charge in [-0.15, -0.1) is 5.10 Å². The monoisotopic (exact) mass is 472 g/mol. The van der Waals surface area contributed by atoms with Crippen molar-refractivity contribution in [3.63, 3.8) is 0 Å². The van der Waals surface area contributed by atoms with Gasteiger partial charge in [0, 0.05) is 15.7 Å². The molecule has 9 heteroatoms. The van der Waals surface area contributed by atoms with Crippen molar-refractivity contribution in [2.45, 2.75) is 9.92 Å². The molecule has 1 heterocycles. The van der Waals surface area contributed by atoms with Crippen molar-refractivity contribution in [3.05, 3.63) is 83.1 Å². The van der Waals surface area contributed by atoms with Gasteiger partial charge in [-0.05, 0) is 66.7 Å².